The molecule has 0 bridgehead atoms. The lowest BCUT2D eigenvalue weighted by Gasteiger charge is -2.11. The largest absolute Gasteiger partial charge is 0.355 e. The van der Waals surface area contributed by atoms with Crippen LogP contribution in [0, 0.1) is 5.92 Å². The van der Waals surface area contributed by atoms with Crippen molar-refractivity contribution >= 4 is 17.3 Å². The molecule has 92 valence electrons. The standard InChI is InChI=1S/C12H18N4S/c1-10(2)9-16-7-5-15-12(16)14-4-3-11-13-6-8-17-11/h5-8,10H,3-4,9H2,1-2H3,(H,14,15). The van der Waals surface area contributed by atoms with Crippen LogP contribution in [0.15, 0.2) is 24.0 Å². The second-order valence-electron chi connectivity index (χ2n) is 4.40. The molecule has 0 saturated carbocycles. The van der Waals surface area contributed by atoms with Gasteiger partial charge in [0.05, 0.1) is 5.01 Å². The smallest absolute Gasteiger partial charge is 0.202 e. The Hall–Kier alpha value is -1.36. The zero-order valence-corrected chi connectivity index (χ0v) is 11.1. The molecule has 0 aliphatic carbocycles. The van der Waals surface area contributed by atoms with Gasteiger partial charge in [-0.1, -0.05) is 13.8 Å². The zero-order valence-electron chi connectivity index (χ0n) is 10.3. The minimum absolute atomic E-state index is 0.628. The predicted molar refractivity (Wildman–Crippen MR) is 71.4 cm³/mol. The molecule has 0 radical (unpaired) electrons. The molecular formula is C12H18N4S. The number of thiazole rings is 1. The molecule has 0 spiro atoms. The number of anilines is 1. The fourth-order valence-corrected chi connectivity index (χ4v) is 2.30. The van der Waals surface area contributed by atoms with Crippen LogP contribution in [-0.4, -0.2) is 21.1 Å². The summed E-state index contributed by atoms with van der Waals surface area (Å²) in [5.41, 5.74) is 0. The van der Waals surface area contributed by atoms with Gasteiger partial charge in [0.25, 0.3) is 0 Å². The molecule has 0 atom stereocenters. The molecule has 4 nitrogen and oxygen atoms in total. The van der Waals surface area contributed by atoms with Gasteiger partial charge in [-0.3, -0.25) is 0 Å². The highest BCUT2D eigenvalue weighted by molar-refractivity contribution is 7.09. The summed E-state index contributed by atoms with van der Waals surface area (Å²) in [5.74, 6) is 1.58. The van der Waals surface area contributed by atoms with Gasteiger partial charge in [0.2, 0.25) is 5.95 Å². The second kappa shape index (κ2) is 5.82. The van der Waals surface area contributed by atoms with Crippen LogP contribution in [0.4, 0.5) is 5.95 Å². The van der Waals surface area contributed by atoms with E-state index in [9.17, 15) is 0 Å². The van der Waals surface area contributed by atoms with Gasteiger partial charge in [-0.15, -0.1) is 11.3 Å². The molecule has 0 fully saturated rings. The van der Waals surface area contributed by atoms with E-state index < -0.39 is 0 Å². The van der Waals surface area contributed by atoms with Gasteiger partial charge in [-0.25, -0.2) is 9.97 Å². The summed E-state index contributed by atoms with van der Waals surface area (Å²) >= 11 is 1.70. The molecule has 0 saturated heterocycles. The average molecular weight is 250 g/mol. The van der Waals surface area contributed by atoms with Crippen LogP contribution >= 0.6 is 11.3 Å². The highest BCUT2D eigenvalue weighted by Crippen LogP contribution is 2.09. The fraction of sp³-hybridized carbons (Fsp3) is 0.500. The van der Waals surface area contributed by atoms with Crippen molar-refractivity contribution in [3.63, 3.8) is 0 Å². The lowest BCUT2D eigenvalue weighted by Crippen LogP contribution is -2.12. The summed E-state index contributed by atoms with van der Waals surface area (Å²) in [4.78, 5) is 8.58. The molecule has 0 unspecified atom stereocenters. The third kappa shape index (κ3) is 3.56. The lowest BCUT2D eigenvalue weighted by molar-refractivity contribution is 0.526. The maximum Gasteiger partial charge on any atom is 0.202 e. The van der Waals surface area contributed by atoms with Gasteiger partial charge in [0, 0.05) is 43.5 Å². The van der Waals surface area contributed by atoms with Crippen molar-refractivity contribution in [2.45, 2.75) is 26.8 Å². The first-order valence-corrected chi connectivity index (χ1v) is 6.77. The van der Waals surface area contributed by atoms with Crippen LogP contribution in [-0.2, 0) is 13.0 Å². The number of aromatic nitrogens is 3. The first-order valence-electron chi connectivity index (χ1n) is 5.89. The van der Waals surface area contributed by atoms with E-state index >= 15 is 0 Å². The Bertz CT molecular complexity index is 433. The van der Waals surface area contributed by atoms with Crippen LogP contribution in [0.2, 0.25) is 0 Å². The third-order valence-corrected chi connectivity index (χ3v) is 3.22. The van der Waals surface area contributed by atoms with Crippen LogP contribution in [0.1, 0.15) is 18.9 Å². The summed E-state index contributed by atoms with van der Waals surface area (Å²) in [7, 11) is 0. The van der Waals surface area contributed by atoms with E-state index in [4.69, 9.17) is 0 Å². The van der Waals surface area contributed by atoms with E-state index in [1.54, 1.807) is 11.3 Å². The minimum Gasteiger partial charge on any atom is -0.355 e. The van der Waals surface area contributed by atoms with E-state index in [1.165, 1.54) is 5.01 Å². The fourth-order valence-electron chi connectivity index (χ4n) is 1.67. The maximum absolute atomic E-state index is 4.32. The Labute approximate surface area is 106 Å². The van der Waals surface area contributed by atoms with E-state index in [0.717, 1.165) is 25.5 Å². The van der Waals surface area contributed by atoms with Gasteiger partial charge in [0.15, 0.2) is 0 Å². The number of hydrogen-bond donors (Lipinski definition) is 1. The topological polar surface area (TPSA) is 42.7 Å². The van der Waals surface area contributed by atoms with Crippen LogP contribution in [0.3, 0.4) is 0 Å². The number of nitrogens with zero attached hydrogens (tertiary/aromatic N) is 3. The second-order valence-corrected chi connectivity index (χ2v) is 5.38. The van der Waals surface area contributed by atoms with Crippen molar-refractivity contribution in [3.8, 4) is 0 Å². The molecule has 2 rings (SSSR count). The predicted octanol–water partition coefficient (Wildman–Crippen LogP) is 2.65. The average Bonchev–Trinajstić information content (AvgIpc) is 2.90. The molecular weight excluding hydrogens is 232 g/mol. The minimum atomic E-state index is 0.628. The molecule has 2 heterocycles. The molecule has 0 amide bonds. The zero-order chi connectivity index (χ0) is 12.1. The molecule has 0 aliphatic rings. The summed E-state index contributed by atoms with van der Waals surface area (Å²) in [6, 6.07) is 0. The third-order valence-electron chi connectivity index (χ3n) is 2.38. The molecule has 1 N–H and O–H groups in total. The number of rotatable bonds is 6. The number of nitrogens with one attached hydrogen (secondary N) is 1. The monoisotopic (exact) mass is 250 g/mol. The van der Waals surface area contributed by atoms with Crippen molar-refractivity contribution in [2.24, 2.45) is 5.92 Å². The number of imidazole rings is 1. The summed E-state index contributed by atoms with van der Waals surface area (Å²) < 4.78 is 2.16. The molecule has 0 aromatic carbocycles. The molecule has 2 aromatic heterocycles. The van der Waals surface area contributed by atoms with Gasteiger partial charge in [-0.05, 0) is 5.92 Å². The summed E-state index contributed by atoms with van der Waals surface area (Å²) in [5, 5.41) is 6.53. The Kier molecular flexibility index (Phi) is 4.14. The highest BCUT2D eigenvalue weighted by Gasteiger charge is 2.04. The first-order chi connectivity index (χ1) is 8.25. The first kappa shape index (κ1) is 12.1. The van der Waals surface area contributed by atoms with E-state index in [0.29, 0.717) is 5.92 Å². The van der Waals surface area contributed by atoms with Crippen molar-refractivity contribution < 1.29 is 0 Å². The molecule has 0 aliphatic heterocycles. The Morgan fingerprint density at radius 1 is 1.35 bits per heavy atom. The lowest BCUT2D eigenvalue weighted by atomic mass is 10.2. The SMILES string of the molecule is CC(C)Cn1ccnc1NCCc1nccs1. The van der Waals surface area contributed by atoms with Gasteiger partial charge in [0.1, 0.15) is 0 Å². The molecule has 5 heteroatoms. The Balaban J connectivity index is 1.84. The number of hydrogen-bond acceptors (Lipinski definition) is 4. The molecule has 17 heavy (non-hydrogen) atoms. The van der Waals surface area contributed by atoms with Gasteiger partial charge in [-0.2, -0.15) is 0 Å². The summed E-state index contributed by atoms with van der Waals surface area (Å²) in [6.07, 6.45) is 6.66. The Morgan fingerprint density at radius 2 is 2.24 bits per heavy atom. The van der Waals surface area contributed by atoms with Crippen LogP contribution in [0.5, 0.6) is 0 Å². The van der Waals surface area contributed by atoms with Crippen LogP contribution in [0.25, 0.3) is 0 Å². The van der Waals surface area contributed by atoms with Crippen molar-refractivity contribution in [3.05, 3.63) is 29.0 Å². The van der Waals surface area contributed by atoms with Gasteiger partial charge < -0.3 is 9.88 Å². The van der Waals surface area contributed by atoms with E-state index in [2.05, 4.69) is 33.7 Å². The van der Waals surface area contributed by atoms with Crippen LogP contribution < -0.4 is 5.32 Å². The van der Waals surface area contributed by atoms with Crippen molar-refractivity contribution in [1.29, 1.82) is 0 Å². The quantitative estimate of drug-likeness (QED) is 0.857. The Morgan fingerprint density at radius 3 is 2.94 bits per heavy atom. The summed E-state index contributed by atoms with van der Waals surface area (Å²) in [6.45, 7) is 6.29. The van der Waals surface area contributed by atoms with Gasteiger partial charge >= 0.3 is 0 Å². The van der Waals surface area contributed by atoms with Crippen molar-refractivity contribution in [1.82, 2.24) is 14.5 Å². The van der Waals surface area contributed by atoms with E-state index in [1.807, 2.05) is 24.0 Å². The molecule has 2 aromatic rings. The van der Waals surface area contributed by atoms with E-state index in [-0.39, 0.29) is 0 Å². The highest BCUT2D eigenvalue weighted by atomic mass is 32.1. The van der Waals surface area contributed by atoms with Crippen molar-refractivity contribution in [2.75, 3.05) is 11.9 Å². The maximum atomic E-state index is 4.32. The normalized spacial score (nSPS) is 11.0.